The lowest BCUT2D eigenvalue weighted by atomic mass is 10.0. The summed E-state index contributed by atoms with van der Waals surface area (Å²) >= 11 is 5.97. The first kappa shape index (κ1) is 14.9. The molecule has 4 heteroatoms. The molecule has 1 aliphatic heterocycles. The molecule has 0 saturated carbocycles. The quantitative estimate of drug-likeness (QED) is 0.937. The van der Waals surface area contributed by atoms with Crippen molar-refractivity contribution in [2.24, 2.45) is 0 Å². The van der Waals surface area contributed by atoms with Gasteiger partial charge in [-0.05, 0) is 35.2 Å². The summed E-state index contributed by atoms with van der Waals surface area (Å²) in [6, 6.07) is 15.6. The highest BCUT2D eigenvalue weighted by molar-refractivity contribution is 6.30. The van der Waals surface area contributed by atoms with E-state index in [1.54, 1.807) is 6.07 Å². The lowest BCUT2D eigenvalue weighted by molar-refractivity contribution is -0.127. The second-order valence-corrected chi connectivity index (χ2v) is 6.06. The lowest BCUT2D eigenvalue weighted by Gasteiger charge is -2.15. The zero-order valence-corrected chi connectivity index (χ0v) is 13.1. The molecule has 22 heavy (non-hydrogen) atoms. The van der Waals surface area contributed by atoms with Crippen molar-refractivity contribution < 1.29 is 9.53 Å². The van der Waals surface area contributed by atoms with Gasteiger partial charge in [-0.3, -0.25) is 4.79 Å². The largest absolute Gasteiger partial charge is 0.480 e. The second kappa shape index (κ2) is 6.41. The van der Waals surface area contributed by atoms with E-state index in [4.69, 9.17) is 16.3 Å². The van der Waals surface area contributed by atoms with Crippen LogP contribution in [0.4, 0.5) is 0 Å². The van der Waals surface area contributed by atoms with Gasteiger partial charge in [-0.1, -0.05) is 48.9 Å². The Bertz CT molecular complexity index is 672. The van der Waals surface area contributed by atoms with Gasteiger partial charge in [0.05, 0.1) is 0 Å². The molecule has 1 N–H and O–H groups in total. The molecule has 1 amide bonds. The number of ether oxygens (including phenoxy) is 1. The van der Waals surface area contributed by atoms with Crippen LogP contribution >= 0.6 is 11.6 Å². The van der Waals surface area contributed by atoms with Crippen LogP contribution in [-0.4, -0.2) is 18.6 Å². The number of benzene rings is 2. The first-order chi connectivity index (χ1) is 10.6. The van der Waals surface area contributed by atoms with Crippen LogP contribution in [0.2, 0.25) is 5.02 Å². The topological polar surface area (TPSA) is 38.3 Å². The number of nitrogens with one attached hydrogen (secondary N) is 1. The molecule has 3 nitrogen and oxygen atoms in total. The molecule has 1 heterocycles. The van der Waals surface area contributed by atoms with Gasteiger partial charge >= 0.3 is 0 Å². The second-order valence-electron chi connectivity index (χ2n) is 5.62. The minimum atomic E-state index is -0.462. The maximum Gasteiger partial charge on any atom is 0.261 e. The molecule has 0 aromatic heterocycles. The maximum absolute atomic E-state index is 12.3. The van der Waals surface area contributed by atoms with Gasteiger partial charge in [0.15, 0.2) is 6.10 Å². The van der Waals surface area contributed by atoms with Crippen molar-refractivity contribution >= 4 is 17.5 Å². The Morgan fingerprint density at radius 2 is 2.09 bits per heavy atom. The molecule has 0 spiro atoms. The molecule has 0 unspecified atom stereocenters. The van der Waals surface area contributed by atoms with Crippen molar-refractivity contribution in [3.8, 4) is 5.75 Å². The fourth-order valence-electron chi connectivity index (χ4n) is 2.63. The van der Waals surface area contributed by atoms with Crippen molar-refractivity contribution in [2.45, 2.75) is 25.4 Å². The first-order valence-corrected chi connectivity index (χ1v) is 7.79. The van der Waals surface area contributed by atoms with Crippen LogP contribution in [0.3, 0.4) is 0 Å². The van der Waals surface area contributed by atoms with Crippen LogP contribution < -0.4 is 10.1 Å². The summed E-state index contributed by atoms with van der Waals surface area (Å²) in [7, 11) is 0. The predicted octanol–water partition coefficient (Wildman–Crippen LogP) is 3.56. The van der Waals surface area contributed by atoms with Gasteiger partial charge < -0.3 is 10.1 Å². The van der Waals surface area contributed by atoms with E-state index in [2.05, 4.69) is 24.4 Å². The van der Waals surface area contributed by atoms with E-state index < -0.39 is 6.10 Å². The molecular weight excluding hydrogens is 298 g/mol. The van der Waals surface area contributed by atoms with Gasteiger partial charge in [-0.2, -0.15) is 0 Å². The Balaban J connectivity index is 1.56. The Morgan fingerprint density at radius 1 is 1.32 bits per heavy atom. The highest BCUT2D eigenvalue weighted by atomic mass is 35.5. The van der Waals surface area contributed by atoms with E-state index in [-0.39, 0.29) is 11.8 Å². The van der Waals surface area contributed by atoms with E-state index in [0.717, 1.165) is 11.3 Å². The molecule has 1 aliphatic rings. The summed E-state index contributed by atoms with van der Waals surface area (Å²) in [5.74, 6) is 0.944. The summed E-state index contributed by atoms with van der Waals surface area (Å²) < 4.78 is 5.69. The van der Waals surface area contributed by atoms with Crippen molar-refractivity contribution in [2.75, 3.05) is 6.54 Å². The number of hydrogen-bond acceptors (Lipinski definition) is 2. The third-order valence-electron chi connectivity index (χ3n) is 3.94. The van der Waals surface area contributed by atoms with Gasteiger partial charge in [0.2, 0.25) is 0 Å². The SMILES string of the molecule is C[C@H](CNC(=O)[C@@H]1Cc2cc(Cl)ccc2O1)c1ccccc1. The van der Waals surface area contributed by atoms with E-state index in [1.807, 2.05) is 30.3 Å². The molecular formula is C18H18ClNO2. The van der Waals surface area contributed by atoms with Crippen molar-refractivity contribution in [3.63, 3.8) is 0 Å². The highest BCUT2D eigenvalue weighted by Gasteiger charge is 2.29. The monoisotopic (exact) mass is 315 g/mol. The Hall–Kier alpha value is -2.00. The average molecular weight is 316 g/mol. The normalized spacial score (nSPS) is 17.5. The van der Waals surface area contributed by atoms with Crippen molar-refractivity contribution in [1.82, 2.24) is 5.32 Å². The molecule has 3 rings (SSSR count). The maximum atomic E-state index is 12.3. The Kier molecular flexibility index (Phi) is 4.34. The molecule has 2 atom stereocenters. The number of fused-ring (bicyclic) bond motifs is 1. The van der Waals surface area contributed by atoms with Crippen LogP contribution in [0.5, 0.6) is 5.75 Å². The Morgan fingerprint density at radius 3 is 2.86 bits per heavy atom. The molecule has 0 radical (unpaired) electrons. The smallest absolute Gasteiger partial charge is 0.261 e. The summed E-state index contributed by atoms with van der Waals surface area (Å²) in [6.07, 6.45) is 0.109. The fourth-order valence-corrected chi connectivity index (χ4v) is 2.83. The zero-order valence-electron chi connectivity index (χ0n) is 12.4. The van der Waals surface area contributed by atoms with Gasteiger partial charge in [-0.15, -0.1) is 0 Å². The van der Waals surface area contributed by atoms with Crippen LogP contribution in [0.15, 0.2) is 48.5 Å². The average Bonchev–Trinajstić information content (AvgIpc) is 2.96. The van der Waals surface area contributed by atoms with E-state index in [9.17, 15) is 4.79 Å². The van der Waals surface area contributed by atoms with E-state index in [1.165, 1.54) is 5.56 Å². The zero-order chi connectivity index (χ0) is 15.5. The van der Waals surface area contributed by atoms with Gasteiger partial charge in [0, 0.05) is 18.0 Å². The molecule has 0 bridgehead atoms. The number of halogens is 1. The van der Waals surface area contributed by atoms with Crippen LogP contribution in [0.1, 0.15) is 24.0 Å². The van der Waals surface area contributed by atoms with Gasteiger partial charge in [-0.25, -0.2) is 0 Å². The van der Waals surface area contributed by atoms with Crippen molar-refractivity contribution in [3.05, 3.63) is 64.7 Å². The van der Waals surface area contributed by atoms with Crippen LogP contribution in [0.25, 0.3) is 0 Å². The lowest BCUT2D eigenvalue weighted by Crippen LogP contribution is -2.39. The summed E-state index contributed by atoms with van der Waals surface area (Å²) in [5, 5.41) is 3.64. The first-order valence-electron chi connectivity index (χ1n) is 7.41. The fraction of sp³-hybridized carbons (Fsp3) is 0.278. The van der Waals surface area contributed by atoms with Crippen molar-refractivity contribution in [1.29, 1.82) is 0 Å². The standard InChI is InChI=1S/C18H18ClNO2/c1-12(13-5-3-2-4-6-13)11-20-18(21)17-10-14-9-15(19)7-8-16(14)22-17/h2-9,12,17H,10-11H2,1H3,(H,20,21)/t12-,17+/m1/s1. The predicted molar refractivity (Wildman–Crippen MR) is 87.4 cm³/mol. The minimum absolute atomic E-state index is 0.0740. The molecule has 0 fully saturated rings. The van der Waals surface area contributed by atoms with E-state index in [0.29, 0.717) is 18.0 Å². The summed E-state index contributed by atoms with van der Waals surface area (Å²) in [6.45, 7) is 2.69. The third-order valence-corrected chi connectivity index (χ3v) is 4.18. The number of carbonyl (C=O) groups is 1. The molecule has 0 saturated heterocycles. The minimum Gasteiger partial charge on any atom is -0.480 e. The molecule has 2 aromatic rings. The number of carbonyl (C=O) groups excluding carboxylic acids is 1. The molecule has 2 aromatic carbocycles. The summed E-state index contributed by atoms with van der Waals surface area (Å²) in [5.41, 5.74) is 2.20. The Labute approximate surface area is 135 Å². The molecule has 114 valence electrons. The van der Waals surface area contributed by atoms with E-state index >= 15 is 0 Å². The van der Waals surface area contributed by atoms with Gasteiger partial charge in [0.25, 0.3) is 5.91 Å². The number of rotatable bonds is 4. The third kappa shape index (κ3) is 3.25. The summed E-state index contributed by atoms with van der Waals surface area (Å²) in [4.78, 5) is 12.3. The highest BCUT2D eigenvalue weighted by Crippen LogP contribution is 2.31. The number of amides is 1. The van der Waals surface area contributed by atoms with Crippen LogP contribution in [-0.2, 0) is 11.2 Å². The van der Waals surface area contributed by atoms with Crippen LogP contribution in [0, 0.1) is 0 Å². The number of hydrogen-bond donors (Lipinski definition) is 1. The molecule has 0 aliphatic carbocycles. The van der Waals surface area contributed by atoms with Gasteiger partial charge in [0.1, 0.15) is 5.75 Å².